The topological polar surface area (TPSA) is 114 Å². The molecule has 1 N–H and O–H groups in total. The standard InChI is InChI=1S/C73H135N2O7P/c1-7-10-13-16-19-22-25-28-30-32-34-35-36-37-38-39-41-43-45-48-51-54-57-60-63-66-73(77)82-71(64-61-58-55-52-49-46-27-24-21-18-15-12-9-3)70(69-81-83(78,79)80-68-67-75(4,5)6)74-72(76)65-62-59-56-53-50-47-44-42-40-33-31-29-26-23-20-17-14-11-8-2/h10,13,19,22,28,30,34-35,37-38,61,64,70-71H,7-9,11-12,14-18,20-21,23-27,29,31-33,36,39-60,62-63,65-69H2,1-6H3,(H-,74,76,78,79)/b13-10-,22-19-,30-28-,35-34-,38-37-,64-61+. The van der Waals surface area contributed by atoms with Gasteiger partial charge in [0.15, 0.2) is 0 Å². The Morgan fingerprint density at radius 2 is 0.771 bits per heavy atom. The third-order valence-electron chi connectivity index (χ3n) is 15.7. The fraction of sp³-hybridized carbons (Fsp3) is 0.808. The van der Waals surface area contributed by atoms with Crippen molar-refractivity contribution < 1.29 is 37.3 Å². The quantitative estimate of drug-likeness (QED) is 0.0212. The second kappa shape index (κ2) is 62.5. The number of allylic oxidation sites excluding steroid dienone is 11. The van der Waals surface area contributed by atoms with Gasteiger partial charge in [-0.25, -0.2) is 0 Å². The van der Waals surface area contributed by atoms with Gasteiger partial charge in [0.05, 0.1) is 33.8 Å². The van der Waals surface area contributed by atoms with E-state index in [1.54, 1.807) is 0 Å². The van der Waals surface area contributed by atoms with Gasteiger partial charge in [-0.3, -0.25) is 14.2 Å². The zero-order valence-electron chi connectivity index (χ0n) is 55.4. The zero-order valence-corrected chi connectivity index (χ0v) is 56.3. The van der Waals surface area contributed by atoms with Crippen molar-refractivity contribution in [3.05, 3.63) is 72.9 Å². The van der Waals surface area contributed by atoms with E-state index in [1.165, 1.54) is 193 Å². The Balaban J connectivity index is 5.12. The summed E-state index contributed by atoms with van der Waals surface area (Å²) in [5.41, 5.74) is 0. The minimum atomic E-state index is -4.71. The van der Waals surface area contributed by atoms with Crippen molar-refractivity contribution in [2.45, 2.75) is 341 Å². The number of likely N-dealkylation sites (N-methyl/N-ethyl adjacent to an activating group) is 1. The second-order valence-electron chi connectivity index (χ2n) is 25.0. The molecule has 3 unspecified atom stereocenters. The van der Waals surface area contributed by atoms with E-state index in [-0.39, 0.29) is 31.5 Å². The first kappa shape index (κ1) is 80.5. The number of esters is 1. The fourth-order valence-corrected chi connectivity index (χ4v) is 11.0. The van der Waals surface area contributed by atoms with Crippen LogP contribution in [-0.2, 0) is 27.9 Å². The Morgan fingerprint density at radius 3 is 1.16 bits per heavy atom. The van der Waals surface area contributed by atoms with E-state index < -0.39 is 20.0 Å². The Hall–Kier alpha value is -2.55. The van der Waals surface area contributed by atoms with Gasteiger partial charge in [-0.2, -0.15) is 0 Å². The average Bonchev–Trinajstić information content (AvgIpc) is 3.46. The van der Waals surface area contributed by atoms with Gasteiger partial charge in [0, 0.05) is 12.8 Å². The van der Waals surface area contributed by atoms with Gasteiger partial charge in [0.2, 0.25) is 5.91 Å². The number of carbonyl (C=O) groups is 2. The summed E-state index contributed by atoms with van der Waals surface area (Å²) in [6.07, 6.45) is 81.6. The van der Waals surface area contributed by atoms with Crippen LogP contribution >= 0.6 is 7.82 Å². The molecule has 10 heteroatoms. The van der Waals surface area contributed by atoms with E-state index in [4.69, 9.17) is 13.8 Å². The number of ether oxygens (including phenoxy) is 1. The van der Waals surface area contributed by atoms with E-state index in [0.29, 0.717) is 17.4 Å². The van der Waals surface area contributed by atoms with Crippen LogP contribution in [0.15, 0.2) is 72.9 Å². The molecule has 0 saturated heterocycles. The van der Waals surface area contributed by atoms with Crippen LogP contribution < -0.4 is 10.2 Å². The van der Waals surface area contributed by atoms with Crippen molar-refractivity contribution in [3.8, 4) is 0 Å². The molecule has 0 bridgehead atoms. The van der Waals surface area contributed by atoms with E-state index in [2.05, 4.69) is 86.8 Å². The first-order valence-corrected chi connectivity index (χ1v) is 36.7. The Kier molecular flexibility index (Phi) is 60.6. The minimum Gasteiger partial charge on any atom is -0.756 e. The molecule has 0 fully saturated rings. The van der Waals surface area contributed by atoms with Gasteiger partial charge in [0.25, 0.3) is 7.82 Å². The molecule has 0 aromatic rings. The van der Waals surface area contributed by atoms with Crippen molar-refractivity contribution >= 4 is 19.7 Å². The van der Waals surface area contributed by atoms with Crippen LogP contribution in [0.25, 0.3) is 0 Å². The highest BCUT2D eigenvalue weighted by Gasteiger charge is 2.27. The number of phosphoric ester groups is 1. The molecule has 484 valence electrons. The van der Waals surface area contributed by atoms with Gasteiger partial charge in [0.1, 0.15) is 19.3 Å². The van der Waals surface area contributed by atoms with Crippen LogP contribution in [0.3, 0.4) is 0 Å². The van der Waals surface area contributed by atoms with Crippen molar-refractivity contribution in [2.75, 3.05) is 40.9 Å². The molecule has 0 aliphatic carbocycles. The predicted molar refractivity (Wildman–Crippen MR) is 358 cm³/mol. The number of rotatable bonds is 64. The van der Waals surface area contributed by atoms with Crippen LogP contribution in [-0.4, -0.2) is 69.4 Å². The fourth-order valence-electron chi connectivity index (χ4n) is 10.3. The molecular weight excluding hydrogens is 1050 g/mol. The summed E-state index contributed by atoms with van der Waals surface area (Å²) in [4.78, 5) is 40.2. The molecule has 0 saturated carbocycles. The number of hydrogen-bond acceptors (Lipinski definition) is 7. The molecule has 83 heavy (non-hydrogen) atoms. The zero-order chi connectivity index (χ0) is 60.7. The third kappa shape index (κ3) is 63.8. The number of amides is 1. The Morgan fingerprint density at radius 1 is 0.434 bits per heavy atom. The number of quaternary nitrogens is 1. The maximum atomic E-state index is 13.6. The monoisotopic (exact) mass is 1180 g/mol. The first-order chi connectivity index (χ1) is 40.4. The maximum Gasteiger partial charge on any atom is 0.306 e. The number of nitrogens with zero attached hydrogens (tertiary/aromatic N) is 1. The van der Waals surface area contributed by atoms with Crippen LogP contribution in [0.5, 0.6) is 0 Å². The molecule has 0 aromatic heterocycles. The molecule has 0 aliphatic heterocycles. The Labute approximate surface area is 514 Å². The van der Waals surface area contributed by atoms with Gasteiger partial charge >= 0.3 is 5.97 Å². The summed E-state index contributed by atoms with van der Waals surface area (Å²) in [7, 11) is 1.19. The van der Waals surface area contributed by atoms with E-state index in [1.807, 2.05) is 33.3 Å². The van der Waals surface area contributed by atoms with Crippen LogP contribution in [0.2, 0.25) is 0 Å². The molecule has 3 atom stereocenters. The summed E-state index contributed by atoms with van der Waals surface area (Å²) in [5.74, 6) is -0.535. The highest BCUT2D eigenvalue weighted by molar-refractivity contribution is 7.45. The molecule has 0 aromatic carbocycles. The summed E-state index contributed by atoms with van der Waals surface area (Å²) >= 11 is 0. The van der Waals surface area contributed by atoms with Gasteiger partial charge < -0.3 is 28.5 Å². The molecule has 0 heterocycles. The normalized spacial score (nSPS) is 14.0. The molecular formula is C73H135N2O7P. The SMILES string of the molecule is CC/C=C\C/C=C\C/C=C\C/C=C\C/C=C\CCCCCCCCCCCC(=O)OC(/C=C/CCCCCCCCCCCCC)C(COP(=O)([O-])OCC[N+](C)(C)C)NC(=O)CCCCCCCCCCCCCCCCCCCCC. The van der Waals surface area contributed by atoms with Crippen molar-refractivity contribution in [1.29, 1.82) is 0 Å². The number of carbonyl (C=O) groups excluding carboxylic acids is 2. The number of hydrogen-bond donors (Lipinski definition) is 1. The lowest BCUT2D eigenvalue weighted by Gasteiger charge is -2.30. The van der Waals surface area contributed by atoms with Gasteiger partial charge in [-0.05, 0) is 76.7 Å². The molecule has 0 rings (SSSR count). The number of phosphoric acid groups is 1. The second-order valence-corrected chi connectivity index (χ2v) is 26.4. The van der Waals surface area contributed by atoms with E-state index in [9.17, 15) is 19.0 Å². The largest absolute Gasteiger partial charge is 0.756 e. The molecule has 1 amide bonds. The lowest BCUT2D eigenvalue weighted by Crippen LogP contribution is -2.47. The highest BCUT2D eigenvalue weighted by atomic mass is 31.2. The summed E-state index contributed by atoms with van der Waals surface area (Å²) in [6.45, 7) is 6.77. The lowest BCUT2D eigenvalue weighted by molar-refractivity contribution is -0.870. The summed E-state index contributed by atoms with van der Waals surface area (Å²) in [6, 6.07) is -0.892. The molecule has 0 aliphatic rings. The van der Waals surface area contributed by atoms with Crippen LogP contribution in [0, 0.1) is 0 Å². The Bertz CT molecular complexity index is 1650. The smallest absolute Gasteiger partial charge is 0.306 e. The third-order valence-corrected chi connectivity index (χ3v) is 16.6. The van der Waals surface area contributed by atoms with E-state index in [0.717, 1.165) is 103 Å². The van der Waals surface area contributed by atoms with Gasteiger partial charge in [-0.15, -0.1) is 0 Å². The average molecular weight is 1180 g/mol. The van der Waals surface area contributed by atoms with E-state index >= 15 is 0 Å². The molecule has 0 spiro atoms. The van der Waals surface area contributed by atoms with Gasteiger partial charge in [-0.1, -0.05) is 312 Å². The number of unbranched alkanes of at least 4 members (excludes halogenated alkanes) is 38. The highest BCUT2D eigenvalue weighted by Crippen LogP contribution is 2.38. The predicted octanol–water partition coefficient (Wildman–Crippen LogP) is 21.7. The number of nitrogens with one attached hydrogen (secondary N) is 1. The minimum absolute atomic E-state index is 0.0234. The van der Waals surface area contributed by atoms with Crippen molar-refractivity contribution in [2.24, 2.45) is 0 Å². The first-order valence-electron chi connectivity index (χ1n) is 35.2. The molecule has 9 nitrogen and oxygen atoms in total. The lowest BCUT2D eigenvalue weighted by atomic mass is 10.0. The van der Waals surface area contributed by atoms with Crippen molar-refractivity contribution in [1.82, 2.24) is 5.32 Å². The molecule has 0 radical (unpaired) electrons. The summed E-state index contributed by atoms with van der Waals surface area (Å²) in [5, 5.41) is 3.05. The maximum absolute atomic E-state index is 13.6. The summed E-state index contributed by atoms with van der Waals surface area (Å²) < 4.78 is 30.5. The van der Waals surface area contributed by atoms with Crippen molar-refractivity contribution in [3.63, 3.8) is 0 Å². The van der Waals surface area contributed by atoms with Crippen LogP contribution in [0.1, 0.15) is 329 Å². The van der Waals surface area contributed by atoms with Crippen LogP contribution in [0.4, 0.5) is 0 Å².